The number of rotatable bonds is 4. The largest absolute Gasteiger partial charge is 0.497 e. The van der Waals surface area contributed by atoms with Crippen LogP contribution in [0, 0.1) is 0 Å². The van der Waals surface area contributed by atoms with E-state index < -0.39 is 0 Å². The molecule has 0 N–H and O–H groups in total. The zero-order valence-electron chi connectivity index (χ0n) is 11.5. The van der Waals surface area contributed by atoms with E-state index in [4.69, 9.17) is 9.57 Å². The first kappa shape index (κ1) is 12.8. The first-order valence-corrected chi connectivity index (χ1v) is 6.66. The normalized spacial score (nSPS) is 13.2. The second-order valence-corrected chi connectivity index (χ2v) is 4.65. The molecule has 20 heavy (non-hydrogen) atoms. The number of ether oxygens (including phenoxy) is 1. The van der Waals surface area contributed by atoms with Crippen LogP contribution in [0.3, 0.4) is 0 Å². The Balaban J connectivity index is 1.75. The third-order valence-corrected chi connectivity index (χ3v) is 3.30. The van der Waals surface area contributed by atoms with Gasteiger partial charge in [0.1, 0.15) is 5.75 Å². The fourth-order valence-electron chi connectivity index (χ4n) is 2.24. The van der Waals surface area contributed by atoms with Crippen LogP contribution in [0.25, 0.3) is 6.08 Å². The molecule has 3 rings (SSSR count). The number of benzene rings is 2. The van der Waals surface area contributed by atoms with E-state index in [1.54, 1.807) is 7.11 Å². The first-order valence-electron chi connectivity index (χ1n) is 6.66. The van der Waals surface area contributed by atoms with E-state index in [1.165, 1.54) is 0 Å². The summed E-state index contributed by atoms with van der Waals surface area (Å²) < 4.78 is 5.25. The van der Waals surface area contributed by atoms with E-state index in [0.29, 0.717) is 6.61 Å². The van der Waals surface area contributed by atoms with Gasteiger partial charge in [0.15, 0.2) is 0 Å². The molecule has 0 saturated heterocycles. The SMILES string of the molecule is COc1ccc2c(c1)C=CCN2OCc1ccccc1. The fourth-order valence-corrected chi connectivity index (χ4v) is 2.24. The molecule has 0 aromatic heterocycles. The van der Waals surface area contributed by atoms with Crippen molar-refractivity contribution in [3.05, 3.63) is 65.7 Å². The highest BCUT2D eigenvalue weighted by atomic mass is 16.7. The molecule has 0 spiro atoms. The number of hydrogen-bond donors (Lipinski definition) is 0. The molecule has 1 aliphatic heterocycles. The summed E-state index contributed by atoms with van der Waals surface area (Å²) in [6.45, 7) is 1.33. The summed E-state index contributed by atoms with van der Waals surface area (Å²) in [4.78, 5) is 5.91. The molecule has 1 aliphatic rings. The molecule has 102 valence electrons. The quantitative estimate of drug-likeness (QED) is 0.843. The molecule has 2 aromatic carbocycles. The lowest BCUT2D eigenvalue weighted by atomic mass is 10.1. The predicted molar refractivity (Wildman–Crippen MR) is 80.6 cm³/mol. The van der Waals surface area contributed by atoms with E-state index in [1.807, 2.05) is 41.5 Å². The van der Waals surface area contributed by atoms with Gasteiger partial charge in [0, 0.05) is 5.56 Å². The maximum Gasteiger partial charge on any atom is 0.119 e. The molecule has 1 heterocycles. The molecule has 0 unspecified atom stereocenters. The van der Waals surface area contributed by atoms with Gasteiger partial charge >= 0.3 is 0 Å². The maximum absolute atomic E-state index is 5.91. The van der Waals surface area contributed by atoms with Crippen molar-refractivity contribution >= 4 is 11.8 Å². The van der Waals surface area contributed by atoms with Gasteiger partial charge < -0.3 is 4.74 Å². The second kappa shape index (κ2) is 5.80. The van der Waals surface area contributed by atoms with E-state index in [0.717, 1.165) is 29.1 Å². The third-order valence-electron chi connectivity index (χ3n) is 3.30. The molecule has 3 heteroatoms. The van der Waals surface area contributed by atoms with Gasteiger partial charge in [0.2, 0.25) is 0 Å². The maximum atomic E-state index is 5.91. The van der Waals surface area contributed by atoms with Crippen molar-refractivity contribution in [2.45, 2.75) is 6.61 Å². The van der Waals surface area contributed by atoms with Gasteiger partial charge in [-0.15, -0.1) is 0 Å². The summed E-state index contributed by atoms with van der Waals surface area (Å²) in [6.07, 6.45) is 4.19. The molecular weight excluding hydrogens is 250 g/mol. The summed E-state index contributed by atoms with van der Waals surface area (Å²) >= 11 is 0. The summed E-state index contributed by atoms with van der Waals surface area (Å²) in [5, 5.41) is 1.92. The predicted octanol–water partition coefficient (Wildman–Crippen LogP) is 3.66. The Bertz CT molecular complexity index is 608. The highest BCUT2D eigenvalue weighted by molar-refractivity contribution is 5.71. The molecule has 0 fully saturated rings. The highest BCUT2D eigenvalue weighted by Crippen LogP contribution is 2.30. The van der Waals surface area contributed by atoms with Crippen LogP contribution in [-0.4, -0.2) is 13.7 Å². The number of fused-ring (bicyclic) bond motifs is 1. The Morgan fingerprint density at radius 3 is 2.75 bits per heavy atom. The van der Waals surface area contributed by atoms with Crippen LogP contribution < -0.4 is 9.80 Å². The van der Waals surface area contributed by atoms with Crippen LogP contribution in [0.2, 0.25) is 0 Å². The first-order chi connectivity index (χ1) is 9.86. The van der Waals surface area contributed by atoms with Crippen LogP contribution in [-0.2, 0) is 11.4 Å². The molecule has 0 aliphatic carbocycles. The van der Waals surface area contributed by atoms with Crippen molar-refractivity contribution in [2.24, 2.45) is 0 Å². The van der Waals surface area contributed by atoms with E-state index in [-0.39, 0.29) is 0 Å². The molecule has 0 radical (unpaired) electrons. The summed E-state index contributed by atoms with van der Waals surface area (Å²) in [5.74, 6) is 0.860. The monoisotopic (exact) mass is 267 g/mol. The van der Waals surface area contributed by atoms with Crippen LogP contribution in [0.15, 0.2) is 54.6 Å². The van der Waals surface area contributed by atoms with Crippen LogP contribution in [0.1, 0.15) is 11.1 Å². The lowest BCUT2D eigenvalue weighted by Crippen LogP contribution is -2.26. The molecule has 0 atom stereocenters. The van der Waals surface area contributed by atoms with Crippen molar-refractivity contribution in [3.63, 3.8) is 0 Å². The number of anilines is 1. The molecule has 3 nitrogen and oxygen atoms in total. The Morgan fingerprint density at radius 1 is 1.10 bits per heavy atom. The average Bonchev–Trinajstić information content (AvgIpc) is 2.53. The standard InChI is InChI=1S/C17H17NO2/c1-19-16-9-10-17-15(12-16)8-5-11-18(17)20-13-14-6-3-2-4-7-14/h2-10,12H,11,13H2,1H3. The van der Waals surface area contributed by atoms with Gasteiger partial charge in [0.05, 0.1) is 25.9 Å². The van der Waals surface area contributed by atoms with Gasteiger partial charge in [-0.2, -0.15) is 0 Å². The summed E-state index contributed by atoms with van der Waals surface area (Å²) in [5.41, 5.74) is 3.35. The molecule has 2 aromatic rings. The van der Waals surface area contributed by atoms with Crippen molar-refractivity contribution in [1.29, 1.82) is 0 Å². The minimum Gasteiger partial charge on any atom is -0.497 e. The number of nitrogens with zero attached hydrogens (tertiary/aromatic N) is 1. The fraction of sp³-hybridized carbons (Fsp3) is 0.176. The van der Waals surface area contributed by atoms with Gasteiger partial charge in [-0.25, -0.2) is 5.06 Å². The average molecular weight is 267 g/mol. The lowest BCUT2D eigenvalue weighted by Gasteiger charge is -2.27. The van der Waals surface area contributed by atoms with Gasteiger partial charge in [0.25, 0.3) is 0 Å². The molecule has 0 bridgehead atoms. The topological polar surface area (TPSA) is 21.7 Å². The number of hydroxylamine groups is 1. The smallest absolute Gasteiger partial charge is 0.119 e. The Morgan fingerprint density at radius 2 is 1.95 bits per heavy atom. The summed E-state index contributed by atoms with van der Waals surface area (Å²) in [7, 11) is 1.68. The second-order valence-electron chi connectivity index (χ2n) is 4.65. The van der Waals surface area contributed by atoms with Gasteiger partial charge in [-0.05, 0) is 23.8 Å². The van der Waals surface area contributed by atoms with E-state index >= 15 is 0 Å². The molecule has 0 saturated carbocycles. The van der Waals surface area contributed by atoms with Crippen molar-refractivity contribution < 1.29 is 9.57 Å². The van der Waals surface area contributed by atoms with Crippen molar-refractivity contribution in [3.8, 4) is 5.75 Å². The Kier molecular flexibility index (Phi) is 3.70. The van der Waals surface area contributed by atoms with Gasteiger partial charge in [-0.3, -0.25) is 4.84 Å². The molecule has 0 amide bonds. The minimum absolute atomic E-state index is 0.570. The van der Waals surface area contributed by atoms with Crippen molar-refractivity contribution in [1.82, 2.24) is 0 Å². The van der Waals surface area contributed by atoms with E-state index in [9.17, 15) is 0 Å². The Hall–Kier alpha value is -2.26. The third kappa shape index (κ3) is 2.68. The highest BCUT2D eigenvalue weighted by Gasteiger charge is 2.14. The lowest BCUT2D eigenvalue weighted by molar-refractivity contribution is 0.0999. The number of hydrogen-bond acceptors (Lipinski definition) is 3. The zero-order chi connectivity index (χ0) is 13.8. The van der Waals surface area contributed by atoms with Crippen LogP contribution in [0.4, 0.5) is 5.69 Å². The zero-order valence-corrected chi connectivity index (χ0v) is 11.5. The van der Waals surface area contributed by atoms with Crippen molar-refractivity contribution in [2.75, 3.05) is 18.7 Å². The van der Waals surface area contributed by atoms with E-state index in [2.05, 4.69) is 24.3 Å². The van der Waals surface area contributed by atoms with Crippen LogP contribution >= 0.6 is 0 Å². The van der Waals surface area contributed by atoms with Crippen LogP contribution in [0.5, 0.6) is 5.75 Å². The Labute approximate surface area is 119 Å². The van der Waals surface area contributed by atoms with Gasteiger partial charge in [-0.1, -0.05) is 42.5 Å². The molecular formula is C17H17NO2. The number of methoxy groups -OCH3 is 1. The summed E-state index contributed by atoms with van der Waals surface area (Å²) in [6, 6.07) is 16.2. The minimum atomic E-state index is 0.570.